The van der Waals surface area contributed by atoms with Gasteiger partial charge in [0.25, 0.3) is 11.8 Å². The number of likely N-dealkylation sites (N-methyl/N-ethyl adjacent to an activating group) is 1. The van der Waals surface area contributed by atoms with Crippen LogP contribution in [0.1, 0.15) is 23.2 Å². The van der Waals surface area contributed by atoms with Crippen LogP contribution in [0.15, 0.2) is 42.5 Å². The second-order valence-electron chi connectivity index (χ2n) is 6.51. The van der Waals surface area contributed by atoms with E-state index in [1.165, 1.54) is 29.0 Å². The lowest BCUT2D eigenvalue weighted by molar-refractivity contribution is -0.128. The van der Waals surface area contributed by atoms with Gasteiger partial charge in [-0.05, 0) is 30.3 Å². The average Bonchev–Trinajstić information content (AvgIpc) is 3.01. The summed E-state index contributed by atoms with van der Waals surface area (Å²) in [5.74, 6) is -1.75. The molecule has 0 saturated carbocycles. The van der Waals surface area contributed by atoms with Crippen molar-refractivity contribution in [1.82, 2.24) is 4.90 Å². The van der Waals surface area contributed by atoms with Crippen molar-refractivity contribution in [3.8, 4) is 0 Å². The molecule has 2 aromatic rings. The van der Waals surface area contributed by atoms with Gasteiger partial charge in [0.1, 0.15) is 5.82 Å². The fourth-order valence-electron chi connectivity index (χ4n) is 3.73. The van der Waals surface area contributed by atoms with Gasteiger partial charge in [0.2, 0.25) is 11.6 Å². The number of benzene rings is 2. The van der Waals surface area contributed by atoms with Gasteiger partial charge in [-0.15, -0.1) is 0 Å². The van der Waals surface area contributed by atoms with Crippen molar-refractivity contribution in [3.05, 3.63) is 58.9 Å². The van der Waals surface area contributed by atoms with Crippen LogP contribution in [-0.2, 0) is 9.59 Å². The van der Waals surface area contributed by atoms with E-state index in [2.05, 4.69) is 5.32 Å². The Morgan fingerprint density at radius 2 is 1.96 bits per heavy atom. The predicted octanol–water partition coefficient (Wildman–Crippen LogP) is 3.03. The first-order valence-corrected chi connectivity index (χ1v) is 8.71. The van der Waals surface area contributed by atoms with Crippen LogP contribution in [-0.4, -0.2) is 35.3 Å². The highest BCUT2D eigenvalue weighted by atomic mass is 35.5. The minimum Gasteiger partial charge on any atom is -0.322 e. The quantitative estimate of drug-likeness (QED) is 0.861. The van der Waals surface area contributed by atoms with Crippen molar-refractivity contribution in [2.75, 3.05) is 17.3 Å². The molecular weight excluding hydrogens is 373 g/mol. The van der Waals surface area contributed by atoms with Crippen LogP contribution in [0.3, 0.4) is 0 Å². The molecule has 1 N–H and O–H groups in total. The molecular formula is C19H15ClFN3O3. The summed E-state index contributed by atoms with van der Waals surface area (Å²) in [6, 6.07) is 10.5. The molecule has 138 valence electrons. The van der Waals surface area contributed by atoms with E-state index in [4.69, 9.17) is 11.6 Å². The maximum Gasteiger partial charge on any atom is 0.271 e. The second-order valence-corrected chi connectivity index (χ2v) is 6.92. The zero-order valence-electron chi connectivity index (χ0n) is 14.3. The van der Waals surface area contributed by atoms with E-state index in [-0.39, 0.29) is 35.4 Å². The number of halogens is 2. The number of anilines is 2. The topological polar surface area (TPSA) is 69.7 Å². The lowest BCUT2D eigenvalue weighted by atomic mass is 9.96. The van der Waals surface area contributed by atoms with Crippen molar-refractivity contribution >= 4 is 40.7 Å². The number of carbonyl (C=O) groups is 3. The second kappa shape index (κ2) is 6.06. The first-order valence-electron chi connectivity index (χ1n) is 8.33. The molecule has 8 heteroatoms. The molecule has 4 rings (SSSR count). The van der Waals surface area contributed by atoms with Crippen LogP contribution in [0.4, 0.5) is 15.8 Å². The largest absolute Gasteiger partial charge is 0.322 e. The van der Waals surface area contributed by atoms with Crippen LogP contribution < -0.4 is 10.2 Å². The molecule has 1 atom stereocenters. The maximum atomic E-state index is 13.4. The van der Waals surface area contributed by atoms with E-state index in [0.717, 1.165) is 6.07 Å². The number of nitrogens with zero attached hydrogens (tertiary/aromatic N) is 2. The summed E-state index contributed by atoms with van der Waals surface area (Å²) >= 11 is 5.78. The minimum atomic E-state index is -1.48. The SMILES string of the molecule is CN1C(=O)c2ccccc2N2C(=O)CCC12C(=O)Nc1ccc(F)c(Cl)c1. The molecule has 0 radical (unpaired) electrons. The molecule has 3 amide bonds. The fourth-order valence-corrected chi connectivity index (χ4v) is 3.91. The Morgan fingerprint density at radius 3 is 2.70 bits per heavy atom. The van der Waals surface area contributed by atoms with E-state index >= 15 is 0 Å². The predicted molar refractivity (Wildman–Crippen MR) is 98.0 cm³/mol. The third-order valence-electron chi connectivity index (χ3n) is 5.08. The first kappa shape index (κ1) is 17.5. The van der Waals surface area contributed by atoms with Crippen LogP contribution in [0.25, 0.3) is 0 Å². The van der Waals surface area contributed by atoms with Crippen LogP contribution in [0.5, 0.6) is 0 Å². The number of carbonyl (C=O) groups excluding carboxylic acids is 3. The third-order valence-corrected chi connectivity index (χ3v) is 5.37. The molecule has 1 fully saturated rings. The summed E-state index contributed by atoms with van der Waals surface area (Å²) in [5.41, 5.74) is -0.428. The first-order chi connectivity index (χ1) is 12.9. The summed E-state index contributed by atoms with van der Waals surface area (Å²) in [7, 11) is 1.50. The molecule has 2 aliphatic heterocycles. The molecule has 2 heterocycles. The van der Waals surface area contributed by atoms with Crippen molar-refractivity contribution in [1.29, 1.82) is 0 Å². The third kappa shape index (κ3) is 2.42. The van der Waals surface area contributed by atoms with Crippen molar-refractivity contribution in [2.24, 2.45) is 0 Å². The zero-order chi connectivity index (χ0) is 19.3. The van der Waals surface area contributed by atoms with Crippen LogP contribution in [0, 0.1) is 5.82 Å². The average molecular weight is 388 g/mol. The highest BCUT2D eigenvalue weighted by Crippen LogP contribution is 2.44. The van der Waals surface area contributed by atoms with Gasteiger partial charge in [-0.3, -0.25) is 19.3 Å². The van der Waals surface area contributed by atoms with E-state index in [0.29, 0.717) is 11.3 Å². The lowest BCUT2D eigenvalue weighted by Crippen LogP contribution is -2.68. The molecule has 0 aromatic heterocycles. The van der Waals surface area contributed by atoms with Gasteiger partial charge < -0.3 is 10.2 Å². The Labute approximate surface area is 159 Å². The van der Waals surface area contributed by atoms with Gasteiger partial charge in [0.05, 0.1) is 16.3 Å². The smallest absolute Gasteiger partial charge is 0.271 e. The zero-order valence-corrected chi connectivity index (χ0v) is 15.1. The number of para-hydroxylation sites is 1. The molecule has 2 aromatic carbocycles. The van der Waals surface area contributed by atoms with Gasteiger partial charge in [0.15, 0.2) is 0 Å². The lowest BCUT2D eigenvalue weighted by Gasteiger charge is -2.47. The van der Waals surface area contributed by atoms with Gasteiger partial charge in [-0.25, -0.2) is 4.39 Å². The maximum absolute atomic E-state index is 13.4. The monoisotopic (exact) mass is 387 g/mol. The number of hydrogen-bond acceptors (Lipinski definition) is 3. The number of rotatable bonds is 2. The standard InChI is InChI=1S/C19H15ClFN3O3/c1-23-17(26)12-4-2-3-5-15(12)24-16(25)8-9-19(23,24)18(27)22-11-6-7-14(21)13(20)10-11/h2-7,10H,8-9H2,1H3,(H,22,27). The van der Waals surface area contributed by atoms with Gasteiger partial charge in [0, 0.05) is 25.6 Å². The molecule has 0 aliphatic carbocycles. The Hall–Kier alpha value is -2.93. The van der Waals surface area contributed by atoms with Crippen molar-refractivity contribution in [3.63, 3.8) is 0 Å². The Morgan fingerprint density at radius 1 is 1.22 bits per heavy atom. The molecule has 1 saturated heterocycles. The fraction of sp³-hybridized carbons (Fsp3) is 0.211. The van der Waals surface area contributed by atoms with Crippen LogP contribution >= 0.6 is 11.6 Å². The molecule has 0 spiro atoms. The van der Waals surface area contributed by atoms with Gasteiger partial charge in [-0.1, -0.05) is 23.7 Å². The van der Waals surface area contributed by atoms with Gasteiger partial charge in [-0.2, -0.15) is 0 Å². The molecule has 0 bridgehead atoms. The Bertz CT molecular complexity index is 996. The Kier molecular flexibility index (Phi) is 3.92. The normalized spacial score (nSPS) is 21.1. The highest BCUT2D eigenvalue weighted by Gasteiger charge is 2.59. The van der Waals surface area contributed by atoms with E-state index in [9.17, 15) is 18.8 Å². The number of nitrogens with one attached hydrogen (secondary N) is 1. The van der Waals surface area contributed by atoms with Crippen molar-refractivity contribution in [2.45, 2.75) is 18.5 Å². The Balaban J connectivity index is 1.79. The van der Waals surface area contributed by atoms with Gasteiger partial charge >= 0.3 is 0 Å². The summed E-state index contributed by atoms with van der Waals surface area (Å²) in [6.45, 7) is 0. The molecule has 6 nitrogen and oxygen atoms in total. The molecule has 2 aliphatic rings. The molecule has 1 unspecified atom stereocenters. The van der Waals surface area contributed by atoms with E-state index in [1.54, 1.807) is 24.3 Å². The van der Waals surface area contributed by atoms with Crippen molar-refractivity contribution < 1.29 is 18.8 Å². The van der Waals surface area contributed by atoms with E-state index < -0.39 is 17.4 Å². The van der Waals surface area contributed by atoms with Crippen LogP contribution in [0.2, 0.25) is 5.02 Å². The minimum absolute atomic E-state index is 0.129. The number of amides is 3. The van der Waals surface area contributed by atoms with E-state index in [1.807, 2.05) is 0 Å². The summed E-state index contributed by atoms with van der Waals surface area (Å²) in [5, 5.41) is 2.53. The summed E-state index contributed by atoms with van der Waals surface area (Å²) in [6.07, 6.45) is 0.284. The molecule has 27 heavy (non-hydrogen) atoms. The number of hydrogen-bond donors (Lipinski definition) is 1. The summed E-state index contributed by atoms with van der Waals surface area (Å²) < 4.78 is 13.4. The summed E-state index contributed by atoms with van der Waals surface area (Å²) in [4.78, 5) is 41.4. The highest BCUT2D eigenvalue weighted by molar-refractivity contribution is 6.31. The number of fused-ring (bicyclic) bond motifs is 3.